The molecule has 0 radical (unpaired) electrons. The van der Waals surface area contributed by atoms with Crippen LogP contribution in [0.25, 0.3) is 0 Å². The first-order valence-corrected chi connectivity index (χ1v) is 7.77. The molecule has 0 aliphatic rings. The number of benzene rings is 1. The van der Waals surface area contributed by atoms with Gasteiger partial charge in [-0.15, -0.1) is 0 Å². The second kappa shape index (κ2) is 5.54. The molecule has 2 N–H and O–H groups in total. The number of aromatic nitrogens is 2. The van der Waals surface area contributed by atoms with Crippen LogP contribution in [-0.4, -0.2) is 24.7 Å². The molecule has 0 amide bonds. The highest BCUT2D eigenvalue weighted by molar-refractivity contribution is 7.92. The zero-order chi connectivity index (χ0) is 14.8. The minimum atomic E-state index is -3.59. The van der Waals surface area contributed by atoms with E-state index in [1.807, 2.05) is 6.92 Å². The van der Waals surface area contributed by atoms with Gasteiger partial charge >= 0.3 is 0 Å². The van der Waals surface area contributed by atoms with E-state index in [9.17, 15) is 8.42 Å². The highest BCUT2D eigenvalue weighted by atomic mass is 32.2. The molecule has 0 bridgehead atoms. The van der Waals surface area contributed by atoms with E-state index in [0.717, 1.165) is 12.2 Å². The summed E-state index contributed by atoms with van der Waals surface area (Å²) in [5.74, 6) is 0. The van der Waals surface area contributed by atoms with Crippen LogP contribution in [-0.2, 0) is 17.1 Å². The normalized spacial score (nSPS) is 11.3. The van der Waals surface area contributed by atoms with Crippen molar-refractivity contribution in [2.24, 2.45) is 7.05 Å². The third-order valence-electron chi connectivity index (χ3n) is 2.80. The number of hydrogen-bond acceptors (Lipinski definition) is 4. The Morgan fingerprint density at radius 2 is 1.90 bits per heavy atom. The van der Waals surface area contributed by atoms with Crippen LogP contribution >= 0.6 is 0 Å². The molecular weight excluding hydrogens is 276 g/mol. The van der Waals surface area contributed by atoms with Crippen molar-refractivity contribution in [2.45, 2.75) is 18.7 Å². The largest absolute Gasteiger partial charge is 0.385 e. The lowest BCUT2D eigenvalue weighted by Crippen LogP contribution is -2.13. The molecule has 0 saturated carbocycles. The van der Waals surface area contributed by atoms with Crippen LogP contribution in [0.15, 0.2) is 35.4 Å². The molecule has 1 aromatic heterocycles. The fraction of sp³-hybridized carbons (Fsp3) is 0.308. The van der Waals surface area contributed by atoms with Crippen molar-refractivity contribution < 1.29 is 8.42 Å². The number of hydrogen-bond donors (Lipinski definition) is 2. The van der Waals surface area contributed by atoms with Gasteiger partial charge in [0.25, 0.3) is 10.0 Å². The topological polar surface area (TPSA) is 76.0 Å². The zero-order valence-corrected chi connectivity index (χ0v) is 12.5. The molecule has 108 valence electrons. The molecule has 0 aliphatic heterocycles. The molecule has 2 rings (SSSR count). The number of anilines is 2. The lowest BCUT2D eigenvalue weighted by atomic mass is 10.3. The number of aryl methyl sites for hydroxylation is 2. The van der Waals surface area contributed by atoms with Crippen molar-refractivity contribution in [3.63, 3.8) is 0 Å². The van der Waals surface area contributed by atoms with Gasteiger partial charge in [-0.05, 0) is 38.1 Å². The fourth-order valence-corrected chi connectivity index (χ4v) is 2.96. The van der Waals surface area contributed by atoms with E-state index >= 15 is 0 Å². The number of nitrogens with one attached hydrogen (secondary N) is 2. The summed E-state index contributed by atoms with van der Waals surface area (Å²) in [7, 11) is -1.84. The van der Waals surface area contributed by atoms with E-state index in [-0.39, 0.29) is 4.90 Å². The van der Waals surface area contributed by atoms with Gasteiger partial charge in [0, 0.05) is 25.5 Å². The van der Waals surface area contributed by atoms with Crippen molar-refractivity contribution >= 4 is 21.4 Å². The molecule has 2 aromatic rings. The average Bonchev–Trinajstić information content (AvgIpc) is 2.68. The van der Waals surface area contributed by atoms with E-state index < -0.39 is 10.0 Å². The Kier molecular flexibility index (Phi) is 3.99. The fourth-order valence-electron chi connectivity index (χ4n) is 1.86. The van der Waals surface area contributed by atoms with Gasteiger partial charge in [-0.3, -0.25) is 9.40 Å². The summed E-state index contributed by atoms with van der Waals surface area (Å²) in [5, 5.41) is 7.23. The summed E-state index contributed by atoms with van der Waals surface area (Å²) in [6.07, 6.45) is 1.64. The summed E-state index contributed by atoms with van der Waals surface area (Å²) >= 11 is 0. The van der Waals surface area contributed by atoms with Crippen LogP contribution in [0, 0.1) is 6.92 Å². The van der Waals surface area contributed by atoms with Gasteiger partial charge in [0.05, 0.1) is 16.3 Å². The zero-order valence-electron chi connectivity index (χ0n) is 11.7. The lowest BCUT2D eigenvalue weighted by Gasteiger charge is -2.08. The lowest BCUT2D eigenvalue weighted by molar-refractivity contribution is 0.601. The Bertz CT molecular complexity index is 690. The molecule has 1 aromatic carbocycles. The summed E-state index contributed by atoms with van der Waals surface area (Å²) in [6.45, 7) is 4.53. The molecule has 0 fully saturated rings. The highest BCUT2D eigenvalue weighted by Crippen LogP contribution is 2.19. The van der Waals surface area contributed by atoms with Crippen molar-refractivity contribution in [3.8, 4) is 0 Å². The molecule has 0 saturated heterocycles. The van der Waals surface area contributed by atoms with Crippen LogP contribution in [0.5, 0.6) is 0 Å². The molecule has 6 nitrogen and oxygen atoms in total. The molecule has 0 aliphatic carbocycles. The molecule has 20 heavy (non-hydrogen) atoms. The summed E-state index contributed by atoms with van der Waals surface area (Å²) in [4.78, 5) is 0.224. The van der Waals surface area contributed by atoms with E-state index in [0.29, 0.717) is 11.4 Å². The maximum Gasteiger partial charge on any atom is 0.262 e. The summed E-state index contributed by atoms with van der Waals surface area (Å²) in [5.41, 5.74) is 2.02. The molecule has 0 unspecified atom stereocenters. The van der Waals surface area contributed by atoms with Gasteiger partial charge in [-0.25, -0.2) is 8.42 Å². The number of sulfonamides is 1. The number of nitrogens with zero attached hydrogens (tertiary/aromatic N) is 2. The first kappa shape index (κ1) is 14.4. The Labute approximate surface area is 118 Å². The van der Waals surface area contributed by atoms with Crippen LogP contribution in [0.1, 0.15) is 12.6 Å². The molecule has 0 atom stereocenters. The van der Waals surface area contributed by atoms with Crippen molar-refractivity contribution in [3.05, 3.63) is 36.2 Å². The highest BCUT2D eigenvalue weighted by Gasteiger charge is 2.16. The van der Waals surface area contributed by atoms with Crippen molar-refractivity contribution in [1.29, 1.82) is 0 Å². The predicted molar refractivity (Wildman–Crippen MR) is 79.4 cm³/mol. The van der Waals surface area contributed by atoms with Gasteiger partial charge in [0.15, 0.2) is 0 Å². The average molecular weight is 294 g/mol. The summed E-state index contributed by atoms with van der Waals surface area (Å²) < 4.78 is 28.6. The third kappa shape index (κ3) is 3.11. The molecule has 7 heteroatoms. The first-order valence-electron chi connectivity index (χ1n) is 6.29. The maximum absolute atomic E-state index is 12.3. The monoisotopic (exact) mass is 294 g/mol. The maximum atomic E-state index is 12.3. The quantitative estimate of drug-likeness (QED) is 0.884. The van der Waals surface area contributed by atoms with Gasteiger partial charge in [0.1, 0.15) is 0 Å². The Balaban J connectivity index is 2.24. The Morgan fingerprint density at radius 1 is 1.25 bits per heavy atom. The van der Waals surface area contributed by atoms with Crippen LogP contribution < -0.4 is 10.0 Å². The van der Waals surface area contributed by atoms with E-state index in [4.69, 9.17) is 0 Å². The minimum Gasteiger partial charge on any atom is -0.385 e. The SMILES string of the molecule is CCNc1ccc(S(=O)(=O)Nc2cn(C)nc2C)cc1. The van der Waals surface area contributed by atoms with E-state index in [1.165, 1.54) is 0 Å². The number of rotatable bonds is 5. The van der Waals surface area contributed by atoms with Crippen molar-refractivity contribution in [2.75, 3.05) is 16.6 Å². The summed E-state index contributed by atoms with van der Waals surface area (Å²) in [6, 6.07) is 6.64. The Morgan fingerprint density at radius 3 is 2.40 bits per heavy atom. The van der Waals surface area contributed by atoms with Gasteiger partial charge in [-0.2, -0.15) is 5.10 Å². The van der Waals surface area contributed by atoms with Gasteiger partial charge in [-0.1, -0.05) is 0 Å². The van der Waals surface area contributed by atoms with E-state index in [1.54, 1.807) is 49.1 Å². The Hall–Kier alpha value is -2.02. The third-order valence-corrected chi connectivity index (χ3v) is 4.18. The van der Waals surface area contributed by atoms with Crippen LogP contribution in [0.3, 0.4) is 0 Å². The van der Waals surface area contributed by atoms with Gasteiger partial charge in [0.2, 0.25) is 0 Å². The second-order valence-corrected chi connectivity index (χ2v) is 6.14. The molecule has 0 spiro atoms. The van der Waals surface area contributed by atoms with Crippen LogP contribution in [0.2, 0.25) is 0 Å². The minimum absolute atomic E-state index is 0.224. The van der Waals surface area contributed by atoms with Gasteiger partial charge < -0.3 is 5.32 Å². The second-order valence-electron chi connectivity index (χ2n) is 4.46. The predicted octanol–water partition coefficient (Wildman–Crippen LogP) is 1.96. The van der Waals surface area contributed by atoms with Crippen LogP contribution in [0.4, 0.5) is 11.4 Å². The molecule has 1 heterocycles. The standard InChI is InChI=1S/C13H18N4O2S/c1-4-14-11-5-7-12(8-6-11)20(18,19)16-13-9-17(3)15-10(13)2/h5-9,14,16H,4H2,1-3H3. The first-order chi connectivity index (χ1) is 9.42. The smallest absolute Gasteiger partial charge is 0.262 e. The van der Waals surface area contributed by atoms with Crippen molar-refractivity contribution in [1.82, 2.24) is 9.78 Å². The molecular formula is C13H18N4O2S. The van der Waals surface area contributed by atoms with E-state index in [2.05, 4.69) is 15.1 Å².